The van der Waals surface area contributed by atoms with Gasteiger partial charge in [-0.25, -0.2) is 9.59 Å². The van der Waals surface area contributed by atoms with Gasteiger partial charge >= 0.3 is 11.9 Å². The van der Waals surface area contributed by atoms with Gasteiger partial charge in [-0.15, -0.1) is 0 Å². The second-order valence-corrected chi connectivity index (χ2v) is 6.17. The van der Waals surface area contributed by atoms with E-state index in [9.17, 15) is 9.59 Å². The largest absolute Gasteiger partial charge is 0.423 e. The van der Waals surface area contributed by atoms with Crippen LogP contribution in [0, 0.1) is 6.92 Å². The molecule has 0 aliphatic carbocycles. The van der Waals surface area contributed by atoms with E-state index in [-0.39, 0.29) is 0 Å². The van der Waals surface area contributed by atoms with Crippen LogP contribution in [0.2, 0.25) is 0 Å². The smallest absolute Gasteiger partial charge is 0.343 e. The van der Waals surface area contributed by atoms with Gasteiger partial charge in [0, 0.05) is 0 Å². The summed E-state index contributed by atoms with van der Waals surface area (Å²) < 4.78 is 10.7. The van der Waals surface area contributed by atoms with Crippen molar-refractivity contribution in [1.82, 2.24) is 0 Å². The maximum atomic E-state index is 12.2. The van der Waals surface area contributed by atoms with E-state index in [0.717, 1.165) is 12.0 Å². The van der Waals surface area contributed by atoms with Gasteiger partial charge in [0.05, 0.1) is 11.1 Å². The molecular formula is C23H20O4. The molecular weight excluding hydrogens is 340 g/mol. The topological polar surface area (TPSA) is 52.6 Å². The zero-order valence-corrected chi connectivity index (χ0v) is 15.3. The van der Waals surface area contributed by atoms with Crippen LogP contribution in [0.4, 0.5) is 0 Å². The lowest BCUT2D eigenvalue weighted by Crippen LogP contribution is -2.10. The van der Waals surface area contributed by atoms with Crippen LogP contribution in [0.5, 0.6) is 11.5 Å². The molecule has 0 aromatic heterocycles. The lowest BCUT2D eigenvalue weighted by atomic mass is 10.1. The third kappa shape index (κ3) is 4.82. The van der Waals surface area contributed by atoms with E-state index in [0.29, 0.717) is 22.6 Å². The van der Waals surface area contributed by atoms with Crippen molar-refractivity contribution < 1.29 is 19.1 Å². The minimum Gasteiger partial charge on any atom is -0.423 e. The highest BCUT2D eigenvalue weighted by atomic mass is 16.5. The van der Waals surface area contributed by atoms with E-state index in [1.807, 2.05) is 31.2 Å². The number of carbonyl (C=O) groups is 2. The number of rotatable bonds is 5. The summed E-state index contributed by atoms with van der Waals surface area (Å²) in [6.45, 7) is 4.01. The second kappa shape index (κ2) is 8.32. The number of aryl methyl sites for hydroxylation is 2. The van der Waals surface area contributed by atoms with Gasteiger partial charge < -0.3 is 9.47 Å². The molecule has 0 fully saturated rings. The van der Waals surface area contributed by atoms with Crippen molar-refractivity contribution in [2.24, 2.45) is 0 Å². The first-order valence-electron chi connectivity index (χ1n) is 8.75. The molecule has 0 spiro atoms. The molecule has 4 nitrogen and oxygen atoms in total. The van der Waals surface area contributed by atoms with Crippen LogP contribution in [-0.2, 0) is 6.42 Å². The summed E-state index contributed by atoms with van der Waals surface area (Å²) in [4.78, 5) is 24.3. The summed E-state index contributed by atoms with van der Waals surface area (Å²) in [5.41, 5.74) is 3.10. The summed E-state index contributed by atoms with van der Waals surface area (Å²) in [5.74, 6) is -0.0477. The highest BCUT2D eigenvalue weighted by Crippen LogP contribution is 2.18. The number of hydrogen-bond acceptors (Lipinski definition) is 4. The maximum absolute atomic E-state index is 12.2. The predicted octanol–water partition coefficient (Wildman–Crippen LogP) is 5.00. The Hall–Kier alpha value is -3.40. The molecule has 3 rings (SSSR count). The summed E-state index contributed by atoms with van der Waals surface area (Å²) in [6.07, 6.45) is 0.928. The van der Waals surface area contributed by atoms with E-state index >= 15 is 0 Å². The first-order valence-corrected chi connectivity index (χ1v) is 8.75. The molecule has 0 heterocycles. The van der Waals surface area contributed by atoms with Gasteiger partial charge in [-0.1, -0.05) is 36.8 Å². The van der Waals surface area contributed by atoms with E-state index in [2.05, 4.69) is 6.92 Å². The molecule has 0 radical (unpaired) electrons. The monoisotopic (exact) mass is 360 g/mol. The van der Waals surface area contributed by atoms with Crippen molar-refractivity contribution in [2.45, 2.75) is 20.3 Å². The predicted molar refractivity (Wildman–Crippen MR) is 103 cm³/mol. The number of carbonyl (C=O) groups excluding carboxylic acids is 2. The van der Waals surface area contributed by atoms with E-state index in [1.165, 1.54) is 5.56 Å². The quantitative estimate of drug-likeness (QED) is 0.475. The molecule has 3 aromatic rings. The molecule has 0 N–H and O–H groups in total. The van der Waals surface area contributed by atoms with Crippen molar-refractivity contribution in [3.63, 3.8) is 0 Å². The molecule has 0 atom stereocenters. The van der Waals surface area contributed by atoms with Gasteiger partial charge in [-0.3, -0.25) is 0 Å². The molecule has 3 aromatic carbocycles. The summed E-state index contributed by atoms with van der Waals surface area (Å²) in [6, 6.07) is 20.8. The van der Waals surface area contributed by atoms with Gasteiger partial charge in [-0.2, -0.15) is 0 Å². The fourth-order valence-electron chi connectivity index (χ4n) is 2.47. The Kier molecular flexibility index (Phi) is 5.67. The molecule has 136 valence electrons. The fourth-order valence-corrected chi connectivity index (χ4v) is 2.47. The average molecular weight is 360 g/mol. The van der Waals surface area contributed by atoms with Crippen LogP contribution in [0.3, 0.4) is 0 Å². The normalized spacial score (nSPS) is 10.3. The molecule has 0 aliphatic rings. The lowest BCUT2D eigenvalue weighted by molar-refractivity contribution is 0.0730. The Morgan fingerprint density at radius 1 is 0.667 bits per heavy atom. The summed E-state index contributed by atoms with van der Waals surface area (Å²) in [5, 5.41) is 0. The first kappa shape index (κ1) is 18.4. The standard InChI is InChI=1S/C23H20O4/c1-3-17-6-12-20(13-7-17)26-23(25)19-10-14-21(15-11-19)27-22(24)18-8-4-16(2)5-9-18/h4-15H,3H2,1-2H3. The second-order valence-electron chi connectivity index (χ2n) is 6.17. The van der Waals surface area contributed by atoms with E-state index in [1.54, 1.807) is 48.5 Å². The van der Waals surface area contributed by atoms with Gasteiger partial charge in [0.15, 0.2) is 0 Å². The molecule has 0 saturated heterocycles. The van der Waals surface area contributed by atoms with Crippen molar-refractivity contribution in [3.8, 4) is 11.5 Å². The van der Waals surface area contributed by atoms with Crippen LogP contribution in [0.25, 0.3) is 0 Å². The Balaban J connectivity index is 1.62. The Morgan fingerprint density at radius 3 is 1.52 bits per heavy atom. The average Bonchev–Trinajstić information content (AvgIpc) is 2.69. The lowest BCUT2D eigenvalue weighted by Gasteiger charge is -2.07. The van der Waals surface area contributed by atoms with Crippen LogP contribution in [0.15, 0.2) is 72.8 Å². The van der Waals surface area contributed by atoms with Crippen LogP contribution in [-0.4, -0.2) is 11.9 Å². The number of esters is 2. The highest BCUT2D eigenvalue weighted by Gasteiger charge is 2.11. The zero-order chi connectivity index (χ0) is 19.2. The van der Waals surface area contributed by atoms with Gasteiger partial charge in [-0.05, 0) is 67.4 Å². The van der Waals surface area contributed by atoms with Crippen molar-refractivity contribution in [1.29, 1.82) is 0 Å². The summed E-state index contributed by atoms with van der Waals surface area (Å²) in [7, 11) is 0. The zero-order valence-electron chi connectivity index (χ0n) is 15.3. The minimum absolute atomic E-state index is 0.365. The molecule has 0 saturated carbocycles. The van der Waals surface area contributed by atoms with Crippen molar-refractivity contribution in [3.05, 3.63) is 95.1 Å². The van der Waals surface area contributed by atoms with Crippen LogP contribution in [0.1, 0.15) is 38.8 Å². The van der Waals surface area contributed by atoms with E-state index < -0.39 is 11.9 Å². The number of hydrogen-bond donors (Lipinski definition) is 0. The Bertz CT molecular complexity index is 924. The first-order chi connectivity index (χ1) is 13.0. The van der Waals surface area contributed by atoms with E-state index in [4.69, 9.17) is 9.47 Å². The fraction of sp³-hybridized carbons (Fsp3) is 0.130. The molecule has 0 aliphatic heterocycles. The minimum atomic E-state index is -0.462. The molecule has 27 heavy (non-hydrogen) atoms. The number of ether oxygens (including phenoxy) is 2. The maximum Gasteiger partial charge on any atom is 0.343 e. The van der Waals surface area contributed by atoms with Crippen molar-refractivity contribution >= 4 is 11.9 Å². The van der Waals surface area contributed by atoms with Gasteiger partial charge in [0.1, 0.15) is 11.5 Å². The van der Waals surface area contributed by atoms with Crippen molar-refractivity contribution in [2.75, 3.05) is 0 Å². The molecule has 4 heteroatoms. The molecule has 0 amide bonds. The third-order valence-electron chi connectivity index (χ3n) is 4.13. The molecule has 0 bridgehead atoms. The van der Waals surface area contributed by atoms with Gasteiger partial charge in [0.25, 0.3) is 0 Å². The number of benzene rings is 3. The third-order valence-corrected chi connectivity index (χ3v) is 4.13. The molecule has 0 unspecified atom stereocenters. The highest BCUT2D eigenvalue weighted by molar-refractivity contribution is 5.92. The van der Waals surface area contributed by atoms with Crippen LogP contribution < -0.4 is 9.47 Å². The van der Waals surface area contributed by atoms with Crippen LogP contribution >= 0.6 is 0 Å². The van der Waals surface area contributed by atoms with Gasteiger partial charge in [0.2, 0.25) is 0 Å². The summed E-state index contributed by atoms with van der Waals surface area (Å²) >= 11 is 0. The Morgan fingerprint density at radius 2 is 1.07 bits per heavy atom. The Labute approximate surface area is 158 Å². The SMILES string of the molecule is CCc1ccc(OC(=O)c2ccc(OC(=O)c3ccc(C)cc3)cc2)cc1.